The molecule has 0 bridgehead atoms. The quantitative estimate of drug-likeness (QED) is 0.836. The number of nitrogens with zero attached hydrogens (tertiary/aromatic N) is 5. The average Bonchev–Trinajstić information content (AvgIpc) is 2.99. The average molecular weight is 248 g/mol. The van der Waals surface area contributed by atoms with Crippen molar-refractivity contribution >= 4 is 0 Å². The third-order valence-corrected chi connectivity index (χ3v) is 3.10. The van der Waals surface area contributed by atoms with Gasteiger partial charge < -0.3 is 9.88 Å². The highest BCUT2D eigenvalue weighted by atomic mass is 15.3. The molecule has 0 aromatic carbocycles. The number of hydrogen-bond acceptors (Lipinski definition) is 4. The first-order valence-corrected chi connectivity index (χ1v) is 6.28. The first-order valence-electron chi connectivity index (χ1n) is 6.28. The Morgan fingerprint density at radius 3 is 2.89 bits per heavy atom. The van der Waals surface area contributed by atoms with E-state index in [1.54, 1.807) is 6.33 Å². The highest BCUT2D eigenvalue weighted by Gasteiger charge is 2.05. The lowest BCUT2D eigenvalue weighted by Crippen LogP contribution is -2.16. The summed E-state index contributed by atoms with van der Waals surface area (Å²) < 4.78 is 3.92. The van der Waals surface area contributed by atoms with Gasteiger partial charge in [-0.2, -0.15) is 5.10 Å². The van der Waals surface area contributed by atoms with Gasteiger partial charge >= 0.3 is 0 Å². The van der Waals surface area contributed by atoms with Crippen molar-refractivity contribution in [3.8, 4) is 0 Å². The van der Waals surface area contributed by atoms with Crippen molar-refractivity contribution < 1.29 is 0 Å². The minimum absolute atomic E-state index is 0.456. The lowest BCUT2D eigenvalue weighted by Gasteiger charge is -2.08. The summed E-state index contributed by atoms with van der Waals surface area (Å²) in [7, 11) is 1.94. The van der Waals surface area contributed by atoms with Crippen molar-refractivity contribution in [3.63, 3.8) is 0 Å². The zero-order valence-corrected chi connectivity index (χ0v) is 11.2. The van der Waals surface area contributed by atoms with Crippen LogP contribution in [0.25, 0.3) is 0 Å². The molecule has 0 spiro atoms. The summed E-state index contributed by atoms with van der Waals surface area (Å²) in [5, 5.41) is 15.7. The molecule has 0 fully saturated rings. The summed E-state index contributed by atoms with van der Waals surface area (Å²) in [5.74, 6) is 0.927. The number of hydrogen-bond donors (Lipinski definition) is 1. The SMILES string of the molecule is CCC(C)n1ccc(CNCc2nncn2C)n1. The molecule has 0 aliphatic rings. The van der Waals surface area contributed by atoms with Crippen molar-refractivity contribution in [1.29, 1.82) is 0 Å². The second-order valence-corrected chi connectivity index (χ2v) is 4.51. The zero-order valence-electron chi connectivity index (χ0n) is 11.2. The Balaban J connectivity index is 1.83. The molecular weight excluding hydrogens is 228 g/mol. The molecular formula is C12H20N6. The summed E-state index contributed by atoms with van der Waals surface area (Å²) in [6.45, 7) is 5.78. The van der Waals surface area contributed by atoms with Gasteiger partial charge in [0.2, 0.25) is 0 Å². The Labute approximate surface area is 107 Å². The smallest absolute Gasteiger partial charge is 0.146 e. The molecule has 2 rings (SSSR count). The van der Waals surface area contributed by atoms with Crippen molar-refractivity contribution in [1.82, 2.24) is 29.9 Å². The molecule has 0 saturated carbocycles. The number of aromatic nitrogens is 5. The molecule has 0 saturated heterocycles. The highest BCUT2D eigenvalue weighted by Crippen LogP contribution is 2.09. The van der Waals surface area contributed by atoms with E-state index in [2.05, 4.69) is 40.5 Å². The number of rotatable bonds is 6. The molecule has 2 aromatic rings. The lowest BCUT2D eigenvalue weighted by molar-refractivity contribution is 0.471. The predicted octanol–water partition coefficient (Wildman–Crippen LogP) is 1.27. The Bertz CT molecular complexity index is 486. The predicted molar refractivity (Wildman–Crippen MR) is 68.8 cm³/mol. The van der Waals surface area contributed by atoms with Crippen molar-refractivity contribution in [2.45, 2.75) is 39.4 Å². The van der Waals surface area contributed by atoms with E-state index in [0.29, 0.717) is 12.6 Å². The Morgan fingerprint density at radius 1 is 1.39 bits per heavy atom. The molecule has 1 N–H and O–H groups in total. The maximum atomic E-state index is 4.53. The van der Waals surface area contributed by atoms with E-state index in [0.717, 1.165) is 24.5 Å². The summed E-state index contributed by atoms with van der Waals surface area (Å²) >= 11 is 0. The molecule has 1 unspecified atom stereocenters. The Kier molecular flexibility index (Phi) is 4.09. The van der Waals surface area contributed by atoms with E-state index in [-0.39, 0.29) is 0 Å². The topological polar surface area (TPSA) is 60.6 Å². The fraction of sp³-hybridized carbons (Fsp3) is 0.583. The fourth-order valence-electron chi connectivity index (χ4n) is 1.67. The lowest BCUT2D eigenvalue weighted by atomic mass is 10.3. The standard InChI is InChI=1S/C12H20N6/c1-4-10(2)18-6-5-11(16-18)7-13-8-12-15-14-9-17(12)3/h5-6,9-10,13H,4,7-8H2,1-3H3. The van der Waals surface area contributed by atoms with E-state index in [4.69, 9.17) is 0 Å². The maximum Gasteiger partial charge on any atom is 0.146 e. The van der Waals surface area contributed by atoms with Gasteiger partial charge in [-0.1, -0.05) is 6.92 Å². The molecule has 0 radical (unpaired) electrons. The molecule has 2 aromatic heterocycles. The van der Waals surface area contributed by atoms with Crippen LogP contribution in [0.5, 0.6) is 0 Å². The molecule has 0 amide bonds. The summed E-state index contributed by atoms with van der Waals surface area (Å²) in [6.07, 6.45) is 4.83. The summed E-state index contributed by atoms with van der Waals surface area (Å²) in [5.41, 5.74) is 1.05. The van der Waals surface area contributed by atoms with Gasteiger partial charge in [-0.05, 0) is 19.4 Å². The van der Waals surface area contributed by atoms with Gasteiger partial charge in [0, 0.05) is 25.8 Å². The van der Waals surface area contributed by atoms with Crippen LogP contribution in [-0.2, 0) is 20.1 Å². The minimum Gasteiger partial charge on any atom is -0.320 e. The van der Waals surface area contributed by atoms with Crippen LogP contribution in [-0.4, -0.2) is 24.5 Å². The Morgan fingerprint density at radius 2 is 2.22 bits per heavy atom. The number of aryl methyl sites for hydroxylation is 1. The maximum absolute atomic E-state index is 4.53. The first kappa shape index (κ1) is 12.8. The van der Waals surface area contributed by atoms with Gasteiger partial charge in [-0.3, -0.25) is 4.68 Å². The van der Waals surface area contributed by atoms with Gasteiger partial charge in [0.25, 0.3) is 0 Å². The monoisotopic (exact) mass is 248 g/mol. The summed E-state index contributed by atoms with van der Waals surface area (Å²) in [4.78, 5) is 0. The molecule has 0 aliphatic heterocycles. The first-order chi connectivity index (χ1) is 8.70. The van der Waals surface area contributed by atoms with Gasteiger partial charge in [-0.25, -0.2) is 0 Å². The second-order valence-electron chi connectivity index (χ2n) is 4.51. The van der Waals surface area contributed by atoms with Crippen LogP contribution in [0.1, 0.15) is 37.8 Å². The van der Waals surface area contributed by atoms with Crippen molar-refractivity contribution in [3.05, 3.63) is 30.1 Å². The van der Waals surface area contributed by atoms with Crippen LogP contribution in [0.4, 0.5) is 0 Å². The fourth-order valence-corrected chi connectivity index (χ4v) is 1.67. The second kappa shape index (κ2) is 5.77. The van der Waals surface area contributed by atoms with Gasteiger partial charge in [0.15, 0.2) is 0 Å². The summed E-state index contributed by atoms with van der Waals surface area (Å²) in [6, 6.07) is 2.51. The molecule has 2 heterocycles. The Hall–Kier alpha value is -1.69. The minimum atomic E-state index is 0.456. The third kappa shape index (κ3) is 2.95. The van der Waals surface area contributed by atoms with Crippen molar-refractivity contribution in [2.24, 2.45) is 7.05 Å². The molecule has 0 aliphatic carbocycles. The third-order valence-electron chi connectivity index (χ3n) is 3.10. The van der Waals surface area contributed by atoms with E-state index in [1.807, 2.05) is 22.5 Å². The largest absolute Gasteiger partial charge is 0.320 e. The molecule has 98 valence electrons. The van der Waals surface area contributed by atoms with E-state index < -0.39 is 0 Å². The molecule has 18 heavy (non-hydrogen) atoms. The van der Waals surface area contributed by atoms with Crippen LogP contribution in [0, 0.1) is 0 Å². The molecule has 1 atom stereocenters. The number of nitrogens with one attached hydrogen (secondary N) is 1. The van der Waals surface area contributed by atoms with Crippen LogP contribution in [0.2, 0.25) is 0 Å². The van der Waals surface area contributed by atoms with E-state index in [9.17, 15) is 0 Å². The van der Waals surface area contributed by atoms with Crippen molar-refractivity contribution in [2.75, 3.05) is 0 Å². The van der Waals surface area contributed by atoms with Gasteiger partial charge in [-0.15, -0.1) is 10.2 Å². The van der Waals surface area contributed by atoms with Gasteiger partial charge in [0.1, 0.15) is 12.2 Å². The zero-order chi connectivity index (χ0) is 13.0. The highest BCUT2D eigenvalue weighted by molar-refractivity contribution is 4.99. The van der Waals surface area contributed by atoms with Crippen LogP contribution >= 0.6 is 0 Å². The normalized spacial score (nSPS) is 12.8. The van der Waals surface area contributed by atoms with Gasteiger partial charge in [0.05, 0.1) is 12.2 Å². The molecule has 6 nitrogen and oxygen atoms in total. The van der Waals surface area contributed by atoms with Crippen LogP contribution in [0.15, 0.2) is 18.6 Å². The van der Waals surface area contributed by atoms with E-state index in [1.165, 1.54) is 0 Å². The van der Waals surface area contributed by atoms with E-state index >= 15 is 0 Å². The molecule has 6 heteroatoms. The van der Waals surface area contributed by atoms with Crippen LogP contribution < -0.4 is 5.32 Å². The van der Waals surface area contributed by atoms with Crippen LogP contribution in [0.3, 0.4) is 0 Å².